The molecule has 0 amide bonds. The van der Waals surface area contributed by atoms with Gasteiger partial charge in [-0.05, 0) is 25.1 Å². The quantitative estimate of drug-likeness (QED) is 0.813. The molecule has 1 heterocycles. The Hall–Kier alpha value is -1.88. The number of nitrogen functional groups attached to an aromatic ring is 1. The second-order valence-electron chi connectivity index (χ2n) is 4.05. The topological polar surface area (TPSA) is 64.3 Å². The van der Waals surface area contributed by atoms with Crippen LogP contribution in [0.25, 0.3) is 10.9 Å². The van der Waals surface area contributed by atoms with Crippen molar-refractivity contribution in [3.05, 3.63) is 24.5 Å². The molecule has 5 heteroatoms. The standard InChI is InChI=1S/C13H18N4O/c1-3-17(6-7-18-2)13-11-5-4-10(14)8-12(11)15-9-16-13/h4-5,8-9H,3,6-7,14H2,1-2H3. The van der Waals surface area contributed by atoms with Crippen molar-refractivity contribution in [2.75, 3.05) is 37.4 Å². The predicted molar refractivity (Wildman–Crippen MR) is 73.7 cm³/mol. The number of fused-ring (bicyclic) bond motifs is 1. The van der Waals surface area contributed by atoms with Crippen molar-refractivity contribution in [1.82, 2.24) is 9.97 Å². The van der Waals surface area contributed by atoms with Crippen LogP contribution in [-0.4, -0.2) is 36.8 Å². The Bertz CT molecular complexity index is 529. The third-order valence-corrected chi connectivity index (χ3v) is 2.89. The lowest BCUT2D eigenvalue weighted by atomic mass is 10.2. The molecule has 2 aromatic rings. The van der Waals surface area contributed by atoms with E-state index >= 15 is 0 Å². The van der Waals surface area contributed by atoms with Gasteiger partial charge in [-0.3, -0.25) is 0 Å². The molecule has 18 heavy (non-hydrogen) atoms. The van der Waals surface area contributed by atoms with E-state index in [1.165, 1.54) is 0 Å². The lowest BCUT2D eigenvalue weighted by molar-refractivity contribution is 0.205. The van der Waals surface area contributed by atoms with Crippen LogP contribution in [0.15, 0.2) is 24.5 Å². The van der Waals surface area contributed by atoms with Crippen molar-refractivity contribution in [2.24, 2.45) is 0 Å². The molecule has 5 nitrogen and oxygen atoms in total. The summed E-state index contributed by atoms with van der Waals surface area (Å²) in [5.41, 5.74) is 7.35. The van der Waals surface area contributed by atoms with Crippen LogP contribution in [0.3, 0.4) is 0 Å². The van der Waals surface area contributed by atoms with Gasteiger partial charge in [-0.25, -0.2) is 9.97 Å². The first-order chi connectivity index (χ1) is 8.76. The van der Waals surface area contributed by atoms with Crippen LogP contribution in [0.5, 0.6) is 0 Å². The highest BCUT2D eigenvalue weighted by molar-refractivity contribution is 5.91. The molecule has 0 saturated heterocycles. The fourth-order valence-corrected chi connectivity index (χ4v) is 1.93. The summed E-state index contributed by atoms with van der Waals surface area (Å²) in [7, 11) is 1.70. The minimum atomic E-state index is 0.675. The van der Waals surface area contributed by atoms with Crippen LogP contribution in [0.4, 0.5) is 11.5 Å². The molecule has 0 radical (unpaired) electrons. The van der Waals surface area contributed by atoms with Gasteiger partial charge in [0.2, 0.25) is 0 Å². The molecule has 2 rings (SSSR count). The largest absolute Gasteiger partial charge is 0.399 e. The molecule has 2 N–H and O–H groups in total. The summed E-state index contributed by atoms with van der Waals surface area (Å²) in [6, 6.07) is 5.71. The fourth-order valence-electron chi connectivity index (χ4n) is 1.93. The molecular formula is C13H18N4O. The van der Waals surface area contributed by atoms with E-state index in [1.807, 2.05) is 18.2 Å². The van der Waals surface area contributed by atoms with E-state index in [2.05, 4.69) is 21.8 Å². The zero-order chi connectivity index (χ0) is 13.0. The van der Waals surface area contributed by atoms with Crippen LogP contribution in [0.1, 0.15) is 6.92 Å². The highest BCUT2D eigenvalue weighted by atomic mass is 16.5. The SMILES string of the molecule is CCN(CCOC)c1ncnc2cc(N)ccc12. The molecule has 0 bridgehead atoms. The van der Waals surface area contributed by atoms with Crippen molar-refractivity contribution in [1.29, 1.82) is 0 Å². The maximum atomic E-state index is 5.77. The minimum absolute atomic E-state index is 0.675. The Morgan fingerprint density at radius 3 is 2.89 bits per heavy atom. The van der Waals surface area contributed by atoms with Gasteiger partial charge in [-0.2, -0.15) is 0 Å². The minimum Gasteiger partial charge on any atom is -0.399 e. The van der Waals surface area contributed by atoms with E-state index in [4.69, 9.17) is 10.5 Å². The van der Waals surface area contributed by atoms with Gasteiger partial charge >= 0.3 is 0 Å². The van der Waals surface area contributed by atoms with Crippen LogP contribution < -0.4 is 10.6 Å². The van der Waals surface area contributed by atoms with E-state index in [-0.39, 0.29) is 0 Å². The number of likely N-dealkylation sites (N-methyl/N-ethyl adjacent to an activating group) is 1. The lowest BCUT2D eigenvalue weighted by Gasteiger charge is -2.22. The number of benzene rings is 1. The molecule has 0 unspecified atom stereocenters. The molecule has 1 aromatic carbocycles. The second kappa shape index (κ2) is 5.64. The number of rotatable bonds is 5. The van der Waals surface area contributed by atoms with E-state index < -0.39 is 0 Å². The fraction of sp³-hybridized carbons (Fsp3) is 0.385. The van der Waals surface area contributed by atoms with E-state index in [0.29, 0.717) is 12.3 Å². The zero-order valence-corrected chi connectivity index (χ0v) is 10.8. The summed E-state index contributed by atoms with van der Waals surface area (Å²) < 4.78 is 5.12. The maximum absolute atomic E-state index is 5.77. The van der Waals surface area contributed by atoms with Crippen LogP contribution in [0.2, 0.25) is 0 Å². The van der Waals surface area contributed by atoms with Gasteiger partial charge in [-0.15, -0.1) is 0 Å². The third-order valence-electron chi connectivity index (χ3n) is 2.89. The number of ether oxygens (including phenoxy) is 1. The van der Waals surface area contributed by atoms with Gasteiger partial charge in [0, 0.05) is 31.3 Å². The van der Waals surface area contributed by atoms with Crippen molar-refractivity contribution >= 4 is 22.4 Å². The summed E-state index contributed by atoms with van der Waals surface area (Å²) in [5.74, 6) is 0.930. The molecule has 96 valence electrons. The Balaban J connectivity index is 2.42. The highest BCUT2D eigenvalue weighted by Gasteiger charge is 2.10. The highest BCUT2D eigenvalue weighted by Crippen LogP contribution is 2.24. The molecule has 0 atom stereocenters. The van der Waals surface area contributed by atoms with Gasteiger partial charge in [0.05, 0.1) is 12.1 Å². The summed E-state index contributed by atoms with van der Waals surface area (Å²) in [6.07, 6.45) is 1.58. The molecule has 0 spiro atoms. The Kier molecular flexibility index (Phi) is 3.94. The Morgan fingerprint density at radius 1 is 1.33 bits per heavy atom. The van der Waals surface area contributed by atoms with Gasteiger partial charge in [-0.1, -0.05) is 0 Å². The van der Waals surface area contributed by atoms with Crippen molar-refractivity contribution in [2.45, 2.75) is 6.92 Å². The molecule has 0 aliphatic carbocycles. The number of nitrogens with zero attached hydrogens (tertiary/aromatic N) is 3. The summed E-state index contributed by atoms with van der Waals surface area (Å²) in [4.78, 5) is 10.8. The van der Waals surface area contributed by atoms with Crippen molar-refractivity contribution < 1.29 is 4.74 Å². The predicted octanol–water partition coefficient (Wildman–Crippen LogP) is 1.68. The van der Waals surface area contributed by atoms with Gasteiger partial charge in [0.1, 0.15) is 12.1 Å². The van der Waals surface area contributed by atoms with E-state index in [0.717, 1.165) is 29.8 Å². The van der Waals surface area contributed by atoms with Crippen LogP contribution in [0, 0.1) is 0 Å². The molecule has 0 saturated carbocycles. The number of aromatic nitrogens is 2. The number of nitrogens with two attached hydrogens (primary N) is 1. The first kappa shape index (κ1) is 12.6. The van der Waals surface area contributed by atoms with Crippen LogP contribution >= 0.6 is 0 Å². The smallest absolute Gasteiger partial charge is 0.139 e. The first-order valence-electron chi connectivity index (χ1n) is 6.00. The number of methoxy groups -OCH3 is 1. The normalized spacial score (nSPS) is 10.8. The second-order valence-corrected chi connectivity index (χ2v) is 4.05. The summed E-state index contributed by atoms with van der Waals surface area (Å²) in [6.45, 7) is 4.46. The first-order valence-corrected chi connectivity index (χ1v) is 6.00. The number of hydrogen-bond acceptors (Lipinski definition) is 5. The lowest BCUT2D eigenvalue weighted by Crippen LogP contribution is -2.27. The van der Waals surface area contributed by atoms with Crippen molar-refractivity contribution in [3.8, 4) is 0 Å². The molecular weight excluding hydrogens is 228 g/mol. The molecule has 0 aliphatic heterocycles. The maximum Gasteiger partial charge on any atom is 0.139 e. The van der Waals surface area contributed by atoms with Crippen LogP contribution in [-0.2, 0) is 4.74 Å². The molecule has 1 aromatic heterocycles. The average Bonchev–Trinajstić information content (AvgIpc) is 2.39. The number of anilines is 2. The zero-order valence-electron chi connectivity index (χ0n) is 10.8. The van der Waals surface area contributed by atoms with Crippen molar-refractivity contribution in [3.63, 3.8) is 0 Å². The van der Waals surface area contributed by atoms with Gasteiger partial charge < -0.3 is 15.4 Å². The van der Waals surface area contributed by atoms with E-state index in [1.54, 1.807) is 13.4 Å². The number of hydrogen-bond donors (Lipinski definition) is 1. The Labute approximate surface area is 107 Å². The molecule has 0 fully saturated rings. The van der Waals surface area contributed by atoms with Gasteiger partial charge in [0.25, 0.3) is 0 Å². The third kappa shape index (κ3) is 2.51. The molecule has 0 aliphatic rings. The van der Waals surface area contributed by atoms with Gasteiger partial charge in [0.15, 0.2) is 0 Å². The Morgan fingerprint density at radius 2 is 2.17 bits per heavy atom. The monoisotopic (exact) mass is 246 g/mol. The summed E-state index contributed by atoms with van der Waals surface area (Å²) in [5, 5.41) is 1.02. The summed E-state index contributed by atoms with van der Waals surface area (Å²) >= 11 is 0. The average molecular weight is 246 g/mol. The van der Waals surface area contributed by atoms with E-state index in [9.17, 15) is 0 Å².